The Morgan fingerprint density at radius 3 is 1.61 bits per heavy atom. The van der Waals surface area contributed by atoms with E-state index in [0.29, 0.717) is 0 Å². The van der Waals surface area contributed by atoms with Gasteiger partial charge in [0.05, 0.1) is 0 Å². The van der Waals surface area contributed by atoms with Crippen LogP contribution >= 0.6 is 0 Å². The Hall–Kier alpha value is -1.70. The van der Waals surface area contributed by atoms with Gasteiger partial charge in [-0.25, -0.2) is 18.0 Å². The Labute approximate surface area is 98.3 Å². The molecule has 8 heteroatoms. The molecule has 0 aliphatic heterocycles. The summed E-state index contributed by atoms with van der Waals surface area (Å²) in [5.41, 5.74) is 3.60. The SMILES string of the molecule is CC(C)(N)C(=O)Oc1c(F)c(F)c(F)c(F)c1F. The maximum Gasteiger partial charge on any atom is 0.331 e. The van der Waals surface area contributed by atoms with E-state index in [1.165, 1.54) is 0 Å². The van der Waals surface area contributed by atoms with Crippen molar-refractivity contribution in [3.05, 3.63) is 29.1 Å². The number of esters is 1. The molecule has 0 bridgehead atoms. The molecule has 0 amide bonds. The lowest BCUT2D eigenvalue weighted by atomic mass is 10.1. The van der Waals surface area contributed by atoms with Crippen molar-refractivity contribution >= 4 is 5.97 Å². The molecule has 100 valence electrons. The van der Waals surface area contributed by atoms with E-state index in [4.69, 9.17) is 5.73 Å². The second-order valence-corrected chi connectivity index (χ2v) is 4.01. The first-order chi connectivity index (χ1) is 8.07. The van der Waals surface area contributed by atoms with Gasteiger partial charge in [-0.05, 0) is 13.8 Å². The van der Waals surface area contributed by atoms with Crippen LogP contribution in [0.15, 0.2) is 0 Å². The fourth-order valence-corrected chi connectivity index (χ4v) is 0.899. The van der Waals surface area contributed by atoms with Gasteiger partial charge in [0.2, 0.25) is 34.8 Å². The number of rotatable bonds is 2. The second-order valence-electron chi connectivity index (χ2n) is 4.01. The van der Waals surface area contributed by atoms with E-state index in [9.17, 15) is 26.7 Å². The molecule has 0 saturated carbocycles. The smallest absolute Gasteiger partial charge is 0.331 e. The number of ether oxygens (including phenoxy) is 1. The van der Waals surface area contributed by atoms with E-state index in [2.05, 4.69) is 4.74 Å². The van der Waals surface area contributed by atoms with Crippen LogP contribution in [-0.2, 0) is 4.79 Å². The summed E-state index contributed by atoms with van der Waals surface area (Å²) in [7, 11) is 0. The third-order valence-corrected chi connectivity index (χ3v) is 1.89. The normalized spacial score (nSPS) is 11.6. The summed E-state index contributed by atoms with van der Waals surface area (Å²) in [6.07, 6.45) is 0. The molecule has 0 aliphatic carbocycles. The van der Waals surface area contributed by atoms with Gasteiger partial charge in [0.25, 0.3) is 0 Å². The number of halogens is 5. The summed E-state index contributed by atoms with van der Waals surface area (Å²) >= 11 is 0. The number of hydrogen-bond donors (Lipinski definition) is 1. The first-order valence-electron chi connectivity index (χ1n) is 4.60. The Morgan fingerprint density at radius 2 is 1.28 bits per heavy atom. The molecule has 0 atom stereocenters. The van der Waals surface area contributed by atoms with Crippen LogP contribution in [0.2, 0.25) is 0 Å². The van der Waals surface area contributed by atoms with Crippen molar-refractivity contribution < 1.29 is 31.5 Å². The predicted octanol–water partition coefficient (Wildman–Crippen LogP) is 2.02. The van der Waals surface area contributed by atoms with Crippen molar-refractivity contribution in [2.24, 2.45) is 5.73 Å². The first kappa shape index (κ1) is 14.4. The zero-order chi connectivity index (χ0) is 14.2. The molecule has 0 fully saturated rings. The molecule has 0 saturated heterocycles. The number of carbonyl (C=O) groups excluding carboxylic acids is 1. The van der Waals surface area contributed by atoms with Crippen LogP contribution in [0.5, 0.6) is 5.75 Å². The quantitative estimate of drug-likeness (QED) is 0.294. The Morgan fingerprint density at radius 1 is 0.944 bits per heavy atom. The van der Waals surface area contributed by atoms with Gasteiger partial charge in [0.15, 0.2) is 0 Å². The lowest BCUT2D eigenvalue weighted by molar-refractivity contribution is -0.139. The Balaban J connectivity index is 3.31. The van der Waals surface area contributed by atoms with E-state index in [1.54, 1.807) is 0 Å². The predicted molar refractivity (Wildman–Crippen MR) is 50.1 cm³/mol. The fraction of sp³-hybridized carbons (Fsp3) is 0.300. The largest absolute Gasteiger partial charge is 0.419 e. The highest BCUT2D eigenvalue weighted by molar-refractivity contribution is 5.81. The van der Waals surface area contributed by atoms with Crippen LogP contribution in [0.3, 0.4) is 0 Å². The zero-order valence-corrected chi connectivity index (χ0v) is 9.28. The average molecular weight is 269 g/mol. The van der Waals surface area contributed by atoms with Crippen molar-refractivity contribution in [2.75, 3.05) is 0 Å². The van der Waals surface area contributed by atoms with Crippen molar-refractivity contribution in [2.45, 2.75) is 19.4 Å². The van der Waals surface area contributed by atoms with E-state index in [-0.39, 0.29) is 0 Å². The molecule has 0 aliphatic rings. The maximum absolute atomic E-state index is 13.1. The Bertz CT molecular complexity index is 481. The fourth-order valence-electron chi connectivity index (χ4n) is 0.899. The topological polar surface area (TPSA) is 52.3 Å². The van der Waals surface area contributed by atoms with Gasteiger partial charge in [-0.2, -0.15) is 8.78 Å². The van der Waals surface area contributed by atoms with Crippen LogP contribution in [0, 0.1) is 29.1 Å². The molecule has 1 aromatic rings. The number of hydrogen-bond acceptors (Lipinski definition) is 3. The molecule has 0 radical (unpaired) electrons. The van der Waals surface area contributed by atoms with Crippen LogP contribution in [-0.4, -0.2) is 11.5 Å². The van der Waals surface area contributed by atoms with E-state index >= 15 is 0 Å². The summed E-state index contributed by atoms with van der Waals surface area (Å²) < 4.78 is 68.5. The van der Waals surface area contributed by atoms with Crippen molar-refractivity contribution in [1.82, 2.24) is 0 Å². The van der Waals surface area contributed by atoms with Crippen LogP contribution in [0.4, 0.5) is 22.0 Å². The van der Waals surface area contributed by atoms with Crippen LogP contribution in [0.1, 0.15) is 13.8 Å². The zero-order valence-electron chi connectivity index (χ0n) is 9.28. The van der Waals surface area contributed by atoms with Gasteiger partial charge in [-0.15, -0.1) is 0 Å². The summed E-state index contributed by atoms with van der Waals surface area (Å²) in [4.78, 5) is 11.2. The van der Waals surface area contributed by atoms with Gasteiger partial charge < -0.3 is 10.5 Å². The summed E-state index contributed by atoms with van der Waals surface area (Å²) in [6.45, 7) is 2.28. The van der Waals surface area contributed by atoms with Gasteiger partial charge in [0.1, 0.15) is 5.54 Å². The molecule has 0 aromatic heterocycles. The van der Waals surface area contributed by atoms with Gasteiger partial charge in [0, 0.05) is 0 Å². The second kappa shape index (κ2) is 4.52. The van der Waals surface area contributed by atoms with Crippen molar-refractivity contribution in [1.29, 1.82) is 0 Å². The van der Waals surface area contributed by atoms with Crippen LogP contribution < -0.4 is 10.5 Å². The minimum Gasteiger partial charge on any atom is -0.419 e. The number of carbonyl (C=O) groups is 1. The van der Waals surface area contributed by atoms with Gasteiger partial charge in [-0.3, -0.25) is 0 Å². The van der Waals surface area contributed by atoms with Gasteiger partial charge >= 0.3 is 5.97 Å². The highest BCUT2D eigenvalue weighted by Gasteiger charge is 2.32. The van der Waals surface area contributed by atoms with E-state index in [1.807, 2.05) is 0 Å². The van der Waals surface area contributed by atoms with E-state index < -0.39 is 46.3 Å². The molecule has 0 spiro atoms. The van der Waals surface area contributed by atoms with Crippen molar-refractivity contribution in [3.8, 4) is 5.75 Å². The summed E-state index contributed by atoms with van der Waals surface area (Å²) in [5, 5.41) is 0. The molecule has 2 N–H and O–H groups in total. The van der Waals surface area contributed by atoms with Crippen molar-refractivity contribution in [3.63, 3.8) is 0 Å². The minimum absolute atomic E-state index is 1.14. The molecule has 0 unspecified atom stereocenters. The highest BCUT2D eigenvalue weighted by atomic mass is 19.2. The molecule has 0 heterocycles. The molecular formula is C10H8F5NO2. The molecule has 1 rings (SSSR count). The first-order valence-corrected chi connectivity index (χ1v) is 4.60. The summed E-state index contributed by atoms with van der Waals surface area (Å²) in [5.74, 6) is -14.2. The molecule has 1 aromatic carbocycles. The van der Waals surface area contributed by atoms with Crippen LogP contribution in [0.25, 0.3) is 0 Å². The third kappa shape index (κ3) is 2.42. The number of benzene rings is 1. The van der Waals surface area contributed by atoms with E-state index in [0.717, 1.165) is 13.8 Å². The Kier molecular flexibility index (Phi) is 3.61. The minimum atomic E-state index is -2.34. The monoisotopic (exact) mass is 269 g/mol. The standard InChI is InChI=1S/C10H8F5NO2/c1-10(2,16)9(17)18-8-6(14)4(12)3(11)5(13)7(8)15/h16H2,1-2H3. The lowest BCUT2D eigenvalue weighted by Gasteiger charge is -2.17. The van der Waals surface area contributed by atoms with Gasteiger partial charge in [-0.1, -0.05) is 0 Å². The average Bonchev–Trinajstić information content (AvgIpc) is 2.28. The molecular weight excluding hydrogens is 261 g/mol. The highest BCUT2D eigenvalue weighted by Crippen LogP contribution is 2.29. The lowest BCUT2D eigenvalue weighted by Crippen LogP contribution is -2.44. The molecule has 3 nitrogen and oxygen atoms in total. The number of nitrogens with two attached hydrogens (primary N) is 1. The molecule has 18 heavy (non-hydrogen) atoms. The third-order valence-electron chi connectivity index (χ3n) is 1.89. The maximum atomic E-state index is 13.1. The summed E-state index contributed by atoms with van der Waals surface area (Å²) in [6, 6.07) is 0.